The fourth-order valence-electron chi connectivity index (χ4n) is 5.35. The van der Waals surface area contributed by atoms with E-state index in [0.29, 0.717) is 40.6 Å². The predicted molar refractivity (Wildman–Crippen MR) is 160 cm³/mol. The molecule has 1 aromatic heterocycles. The summed E-state index contributed by atoms with van der Waals surface area (Å²) in [6, 6.07) is 16.4. The maximum atomic E-state index is 13.1. The van der Waals surface area contributed by atoms with E-state index in [4.69, 9.17) is 28.0 Å². The molecule has 1 heterocycles. The highest BCUT2D eigenvalue weighted by Gasteiger charge is 2.32. The van der Waals surface area contributed by atoms with Crippen LogP contribution in [-0.2, 0) is 14.4 Å². The first-order valence-electron chi connectivity index (χ1n) is 14.0. The van der Waals surface area contributed by atoms with Crippen molar-refractivity contribution in [3.8, 4) is 11.8 Å². The van der Waals surface area contributed by atoms with Gasteiger partial charge < -0.3 is 25.3 Å². The molecule has 224 valence electrons. The van der Waals surface area contributed by atoms with Crippen LogP contribution in [0.3, 0.4) is 0 Å². The Morgan fingerprint density at radius 2 is 1.62 bits per heavy atom. The molecular formula is C31H35Cl2N3O6. The van der Waals surface area contributed by atoms with Crippen LogP contribution in [0.1, 0.15) is 80.0 Å². The summed E-state index contributed by atoms with van der Waals surface area (Å²) in [5.41, 5.74) is 3.48. The number of aromatic hydroxyl groups is 2. The number of rotatable bonds is 12. The number of unbranched alkanes of at least 4 members (excludes halogenated alkanes) is 2. The lowest BCUT2D eigenvalue weighted by Crippen LogP contribution is -2.34. The van der Waals surface area contributed by atoms with Gasteiger partial charge in [-0.1, -0.05) is 60.0 Å². The monoisotopic (exact) mass is 615 g/mol. The molecule has 2 aromatic carbocycles. The van der Waals surface area contributed by atoms with Crippen LogP contribution >= 0.6 is 23.2 Å². The van der Waals surface area contributed by atoms with Crippen LogP contribution in [0, 0.1) is 0 Å². The number of aromatic nitrogens is 1. The van der Waals surface area contributed by atoms with Crippen molar-refractivity contribution in [3.05, 3.63) is 81.3 Å². The Morgan fingerprint density at radius 1 is 0.905 bits per heavy atom. The minimum atomic E-state index is -0.764. The second kappa shape index (κ2) is 14.5. The highest BCUT2D eigenvalue weighted by molar-refractivity contribution is 6.42. The van der Waals surface area contributed by atoms with Gasteiger partial charge in [0.2, 0.25) is 23.6 Å². The van der Waals surface area contributed by atoms with Crippen molar-refractivity contribution < 1.29 is 29.4 Å². The third-order valence-corrected chi connectivity index (χ3v) is 8.34. The molecule has 0 fully saturated rings. The summed E-state index contributed by atoms with van der Waals surface area (Å²) in [4.78, 5) is 43.6. The highest BCUT2D eigenvalue weighted by Crippen LogP contribution is 2.44. The number of nitrogens with zero attached hydrogens (tertiary/aromatic N) is 2. The normalized spacial score (nSPS) is 16.0. The van der Waals surface area contributed by atoms with Gasteiger partial charge in [0.05, 0.1) is 22.5 Å². The smallest absolute Gasteiger partial charge is 0.333 e. The van der Waals surface area contributed by atoms with Gasteiger partial charge in [-0.05, 0) is 54.5 Å². The molecule has 0 spiro atoms. The van der Waals surface area contributed by atoms with Crippen molar-refractivity contribution >= 4 is 41.0 Å². The van der Waals surface area contributed by atoms with Gasteiger partial charge in [-0.25, -0.2) is 4.79 Å². The Labute approximate surface area is 254 Å². The van der Waals surface area contributed by atoms with Gasteiger partial charge in [-0.2, -0.15) is 0 Å². The second-order valence-electron chi connectivity index (χ2n) is 10.4. The van der Waals surface area contributed by atoms with E-state index in [-0.39, 0.29) is 36.6 Å². The Balaban J connectivity index is 1.17. The van der Waals surface area contributed by atoms with Gasteiger partial charge in [0.15, 0.2) is 0 Å². The number of halogens is 2. The number of hydrogen-bond acceptors (Lipinski definition) is 6. The number of hydrogen-bond donors (Lipinski definition) is 3. The van der Waals surface area contributed by atoms with Gasteiger partial charge in [-0.3, -0.25) is 9.59 Å². The third kappa shape index (κ3) is 7.77. The van der Waals surface area contributed by atoms with Crippen LogP contribution in [0.4, 0.5) is 0 Å². The van der Waals surface area contributed by atoms with Gasteiger partial charge in [-0.15, -0.1) is 4.73 Å². The van der Waals surface area contributed by atoms with E-state index in [1.165, 1.54) is 17.7 Å². The van der Waals surface area contributed by atoms with Crippen LogP contribution in [0.2, 0.25) is 10.0 Å². The maximum absolute atomic E-state index is 13.1. The zero-order valence-corrected chi connectivity index (χ0v) is 24.9. The predicted octanol–water partition coefficient (Wildman–Crippen LogP) is 5.74. The Hall–Kier alpha value is -3.69. The lowest BCUT2D eigenvalue weighted by atomic mass is 9.76. The summed E-state index contributed by atoms with van der Waals surface area (Å²) in [6.45, 7) is 0.434. The summed E-state index contributed by atoms with van der Waals surface area (Å²) in [5.74, 6) is -1.64. The quantitative estimate of drug-likeness (QED) is 0.223. The number of fused-ring (bicyclic) bond motifs is 1. The van der Waals surface area contributed by atoms with E-state index in [9.17, 15) is 24.6 Å². The first-order chi connectivity index (χ1) is 20.2. The highest BCUT2D eigenvalue weighted by atomic mass is 35.5. The topological polar surface area (TPSA) is 121 Å². The minimum absolute atomic E-state index is 0.00384. The Morgan fingerprint density at radius 3 is 2.33 bits per heavy atom. The summed E-state index contributed by atoms with van der Waals surface area (Å²) < 4.78 is 0.584. The molecule has 9 nitrogen and oxygen atoms in total. The van der Waals surface area contributed by atoms with Crippen molar-refractivity contribution in [1.29, 1.82) is 0 Å². The standard InChI is InChI=1S/C31H35Cl2N3O6/c1-35(26-13-11-21(22-7-4-5-8-23(22)26)20-10-12-24(32)25(33)19-20)28(38)9-3-2-6-18-34-27(37)14-17-31(41)42-36-29(39)15-16-30(36)40/h4-5,7-8,10,12,15-16,19,21,26,39-40H,2-3,6,9,11,13-14,17-18H2,1H3,(H,34,37). The first kappa shape index (κ1) is 31.3. The zero-order chi connectivity index (χ0) is 30.2. The average molecular weight is 617 g/mol. The molecule has 2 atom stereocenters. The zero-order valence-electron chi connectivity index (χ0n) is 23.4. The van der Waals surface area contributed by atoms with E-state index in [0.717, 1.165) is 30.4 Å². The van der Waals surface area contributed by atoms with Crippen LogP contribution in [0.5, 0.6) is 11.8 Å². The molecule has 2 amide bonds. The van der Waals surface area contributed by atoms with Gasteiger partial charge in [0.1, 0.15) is 0 Å². The van der Waals surface area contributed by atoms with E-state index in [2.05, 4.69) is 17.4 Å². The minimum Gasteiger partial charge on any atom is -0.492 e. The molecule has 42 heavy (non-hydrogen) atoms. The largest absolute Gasteiger partial charge is 0.492 e. The molecule has 0 saturated carbocycles. The molecule has 3 aromatic rings. The van der Waals surface area contributed by atoms with Gasteiger partial charge in [0.25, 0.3) is 0 Å². The molecular weight excluding hydrogens is 581 g/mol. The van der Waals surface area contributed by atoms with Gasteiger partial charge in [0, 0.05) is 44.5 Å². The molecule has 0 saturated heterocycles. The molecule has 1 aliphatic carbocycles. The van der Waals surface area contributed by atoms with Crippen LogP contribution in [-0.4, -0.2) is 51.2 Å². The lowest BCUT2D eigenvalue weighted by molar-refractivity contribution is -0.146. The lowest BCUT2D eigenvalue weighted by Gasteiger charge is -2.37. The number of amides is 2. The fourth-order valence-corrected chi connectivity index (χ4v) is 5.65. The van der Waals surface area contributed by atoms with Crippen molar-refractivity contribution in [2.45, 2.75) is 63.3 Å². The van der Waals surface area contributed by atoms with Crippen molar-refractivity contribution in [1.82, 2.24) is 14.9 Å². The average Bonchev–Trinajstić information content (AvgIpc) is 3.30. The number of carbonyl (C=O) groups is 3. The second-order valence-corrected chi connectivity index (χ2v) is 11.2. The molecule has 4 rings (SSSR count). The van der Waals surface area contributed by atoms with Gasteiger partial charge >= 0.3 is 5.97 Å². The van der Waals surface area contributed by atoms with Crippen molar-refractivity contribution in [3.63, 3.8) is 0 Å². The summed E-state index contributed by atoms with van der Waals surface area (Å²) in [5, 5.41) is 22.8. The van der Waals surface area contributed by atoms with E-state index in [1.807, 2.05) is 42.3 Å². The molecule has 0 bridgehead atoms. The Kier molecular flexibility index (Phi) is 10.8. The molecule has 11 heteroatoms. The van der Waals surface area contributed by atoms with E-state index < -0.39 is 17.7 Å². The van der Waals surface area contributed by atoms with Crippen LogP contribution < -0.4 is 10.2 Å². The maximum Gasteiger partial charge on any atom is 0.333 e. The molecule has 2 unspecified atom stereocenters. The third-order valence-electron chi connectivity index (χ3n) is 7.60. The SMILES string of the molecule is CN(C(=O)CCCCCNC(=O)CCC(=O)On1c(O)ccc1O)C1CCC(c2ccc(Cl)c(Cl)c2)c2ccccc21. The van der Waals surface area contributed by atoms with E-state index >= 15 is 0 Å². The molecule has 3 N–H and O–H groups in total. The van der Waals surface area contributed by atoms with Crippen molar-refractivity contribution in [2.24, 2.45) is 0 Å². The van der Waals surface area contributed by atoms with Crippen LogP contribution in [0.25, 0.3) is 0 Å². The molecule has 1 aliphatic rings. The van der Waals surface area contributed by atoms with Crippen molar-refractivity contribution in [2.75, 3.05) is 13.6 Å². The Bertz CT molecular complexity index is 1410. The number of benzene rings is 2. The summed E-state index contributed by atoms with van der Waals surface area (Å²) >= 11 is 12.4. The first-order valence-corrected chi connectivity index (χ1v) is 14.8. The number of carbonyl (C=O) groups excluding carboxylic acids is 3. The van der Waals surface area contributed by atoms with Crippen LogP contribution in [0.15, 0.2) is 54.6 Å². The fraction of sp³-hybridized carbons (Fsp3) is 0.387. The summed E-state index contributed by atoms with van der Waals surface area (Å²) in [7, 11) is 1.87. The van der Waals surface area contributed by atoms with E-state index in [1.54, 1.807) is 0 Å². The summed E-state index contributed by atoms with van der Waals surface area (Å²) in [6.07, 6.45) is 4.05. The molecule has 0 radical (unpaired) electrons. The molecule has 0 aliphatic heterocycles. The number of nitrogens with one attached hydrogen (secondary N) is 1.